The molecule has 192 valence electrons. The van der Waals surface area contributed by atoms with Crippen LogP contribution in [0.3, 0.4) is 0 Å². The average Bonchev–Trinajstić information content (AvgIpc) is 3.30. The summed E-state index contributed by atoms with van der Waals surface area (Å²) in [5, 5.41) is 3.07. The third-order valence-corrected chi connectivity index (χ3v) is 6.94. The smallest absolute Gasteiger partial charge is 0.224 e. The quantitative estimate of drug-likeness (QED) is 0.217. The summed E-state index contributed by atoms with van der Waals surface area (Å²) in [5.41, 5.74) is 7.71. The van der Waals surface area contributed by atoms with E-state index < -0.39 is 0 Å². The van der Waals surface area contributed by atoms with Crippen LogP contribution in [0.4, 0.5) is 0 Å². The molecule has 0 aliphatic rings. The van der Waals surface area contributed by atoms with E-state index in [9.17, 15) is 4.79 Å². The Morgan fingerprint density at radius 1 is 0.842 bits per heavy atom. The minimum absolute atomic E-state index is 0.0191. The molecule has 1 aromatic heterocycles. The first kappa shape index (κ1) is 25.3. The summed E-state index contributed by atoms with van der Waals surface area (Å²) in [7, 11) is 0. The summed E-state index contributed by atoms with van der Waals surface area (Å²) < 4.78 is 8.26. The highest BCUT2D eigenvalue weighted by atomic mass is 16.5. The number of para-hydroxylation sites is 2. The molecule has 5 heteroatoms. The zero-order valence-electron chi connectivity index (χ0n) is 22.0. The highest BCUT2D eigenvalue weighted by molar-refractivity contribution is 5.79. The zero-order valence-corrected chi connectivity index (χ0v) is 22.0. The van der Waals surface area contributed by atoms with Crippen LogP contribution in [0.2, 0.25) is 0 Å². The number of benzene rings is 4. The first-order chi connectivity index (χ1) is 18.6. The fourth-order valence-electron chi connectivity index (χ4n) is 4.67. The van der Waals surface area contributed by atoms with Gasteiger partial charge in [-0.3, -0.25) is 4.79 Å². The van der Waals surface area contributed by atoms with E-state index in [-0.39, 0.29) is 5.91 Å². The standard InChI is InChI=1S/C33H33N3O2/c1-24-10-8-15-31(25(24)2)38-21-9-20-36-30-14-7-6-13-29(30)35-32(36)23-34-33(37)22-26-16-18-28(19-17-26)27-11-4-3-5-12-27/h3-8,10-19H,9,20-23H2,1-2H3,(H,34,37). The van der Waals surface area contributed by atoms with Gasteiger partial charge in [0.25, 0.3) is 0 Å². The van der Waals surface area contributed by atoms with Gasteiger partial charge in [0.05, 0.1) is 30.6 Å². The summed E-state index contributed by atoms with van der Waals surface area (Å²) >= 11 is 0. The highest BCUT2D eigenvalue weighted by Gasteiger charge is 2.12. The third kappa shape index (κ3) is 5.94. The van der Waals surface area contributed by atoms with Crippen molar-refractivity contribution in [3.8, 4) is 16.9 Å². The second-order valence-electron chi connectivity index (χ2n) is 9.58. The van der Waals surface area contributed by atoms with Crippen LogP contribution in [0.25, 0.3) is 22.2 Å². The molecule has 0 radical (unpaired) electrons. The number of carbonyl (C=O) groups is 1. The van der Waals surface area contributed by atoms with Crippen LogP contribution >= 0.6 is 0 Å². The first-order valence-corrected chi connectivity index (χ1v) is 13.1. The van der Waals surface area contributed by atoms with Gasteiger partial charge in [0.2, 0.25) is 5.91 Å². The van der Waals surface area contributed by atoms with Crippen LogP contribution < -0.4 is 10.1 Å². The average molecular weight is 504 g/mol. The lowest BCUT2D eigenvalue weighted by Gasteiger charge is -2.13. The van der Waals surface area contributed by atoms with Crippen LogP contribution in [0.5, 0.6) is 5.75 Å². The molecule has 1 amide bonds. The molecule has 0 fully saturated rings. The Kier molecular flexibility index (Phi) is 7.84. The lowest BCUT2D eigenvalue weighted by atomic mass is 10.0. The molecule has 1 N–H and O–H groups in total. The number of aryl methyl sites for hydroxylation is 2. The summed E-state index contributed by atoms with van der Waals surface area (Å²) in [6, 6.07) is 32.7. The molecule has 0 unspecified atom stereocenters. The lowest BCUT2D eigenvalue weighted by molar-refractivity contribution is -0.120. The van der Waals surface area contributed by atoms with Crippen LogP contribution in [-0.4, -0.2) is 22.1 Å². The van der Waals surface area contributed by atoms with Crippen molar-refractivity contribution in [3.63, 3.8) is 0 Å². The molecule has 5 aromatic rings. The monoisotopic (exact) mass is 503 g/mol. The van der Waals surface area contributed by atoms with E-state index in [1.807, 2.05) is 60.7 Å². The van der Waals surface area contributed by atoms with Crippen molar-refractivity contribution in [1.82, 2.24) is 14.9 Å². The Morgan fingerprint density at radius 3 is 2.39 bits per heavy atom. The van der Waals surface area contributed by atoms with Crippen LogP contribution in [0, 0.1) is 13.8 Å². The van der Waals surface area contributed by atoms with Crippen LogP contribution in [0.15, 0.2) is 97.1 Å². The van der Waals surface area contributed by atoms with E-state index in [2.05, 4.69) is 60.1 Å². The minimum atomic E-state index is -0.0191. The van der Waals surface area contributed by atoms with Gasteiger partial charge in [-0.1, -0.05) is 78.9 Å². The largest absolute Gasteiger partial charge is 0.493 e. The molecule has 38 heavy (non-hydrogen) atoms. The maximum Gasteiger partial charge on any atom is 0.224 e. The maximum atomic E-state index is 12.8. The lowest BCUT2D eigenvalue weighted by Crippen LogP contribution is -2.26. The van der Waals surface area contributed by atoms with Gasteiger partial charge in [-0.2, -0.15) is 0 Å². The maximum absolute atomic E-state index is 12.8. The van der Waals surface area contributed by atoms with Crippen LogP contribution in [0.1, 0.15) is 28.9 Å². The highest BCUT2D eigenvalue weighted by Crippen LogP contribution is 2.22. The fourth-order valence-corrected chi connectivity index (χ4v) is 4.67. The van der Waals surface area contributed by atoms with Gasteiger partial charge >= 0.3 is 0 Å². The second-order valence-corrected chi connectivity index (χ2v) is 9.58. The third-order valence-electron chi connectivity index (χ3n) is 6.94. The Morgan fingerprint density at radius 2 is 1.58 bits per heavy atom. The second kappa shape index (κ2) is 11.8. The fraction of sp³-hybridized carbons (Fsp3) is 0.212. The van der Waals surface area contributed by atoms with E-state index >= 15 is 0 Å². The van der Waals surface area contributed by atoms with Gasteiger partial charge in [-0.05, 0) is 66.3 Å². The summed E-state index contributed by atoms with van der Waals surface area (Å²) in [6.07, 6.45) is 1.17. The van der Waals surface area contributed by atoms with Gasteiger partial charge in [0.15, 0.2) is 0 Å². The van der Waals surface area contributed by atoms with Crippen molar-refractivity contribution < 1.29 is 9.53 Å². The molecule has 5 nitrogen and oxygen atoms in total. The molecule has 0 saturated carbocycles. The number of amides is 1. The van der Waals surface area contributed by atoms with E-state index in [4.69, 9.17) is 9.72 Å². The number of carbonyl (C=O) groups excluding carboxylic acids is 1. The van der Waals surface area contributed by atoms with Crippen molar-refractivity contribution in [2.75, 3.05) is 6.61 Å². The summed E-state index contributed by atoms with van der Waals surface area (Å²) in [6.45, 7) is 5.94. The summed E-state index contributed by atoms with van der Waals surface area (Å²) in [5.74, 6) is 1.77. The number of fused-ring (bicyclic) bond motifs is 1. The normalized spacial score (nSPS) is 11.0. The number of aromatic nitrogens is 2. The van der Waals surface area contributed by atoms with E-state index in [1.54, 1.807) is 0 Å². The molecule has 0 bridgehead atoms. The number of ether oxygens (including phenoxy) is 1. The van der Waals surface area contributed by atoms with Gasteiger partial charge in [0, 0.05) is 6.54 Å². The zero-order chi connectivity index (χ0) is 26.3. The molecule has 5 rings (SSSR count). The number of nitrogens with one attached hydrogen (secondary N) is 1. The Labute approximate surface area is 224 Å². The molecule has 1 heterocycles. The minimum Gasteiger partial charge on any atom is -0.493 e. The molecule has 0 saturated heterocycles. The predicted molar refractivity (Wildman–Crippen MR) is 153 cm³/mol. The number of hydrogen-bond acceptors (Lipinski definition) is 3. The Hall–Kier alpha value is -4.38. The van der Waals surface area contributed by atoms with E-state index in [0.717, 1.165) is 46.7 Å². The van der Waals surface area contributed by atoms with Gasteiger partial charge in [-0.25, -0.2) is 4.98 Å². The molecule has 0 aliphatic heterocycles. The molecule has 0 aliphatic carbocycles. The SMILES string of the molecule is Cc1cccc(OCCCn2c(CNC(=O)Cc3ccc(-c4ccccc4)cc3)nc3ccccc32)c1C. The van der Waals surface area contributed by atoms with Crippen molar-refractivity contribution >= 4 is 16.9 Å². The van der Waals surface area contributed by atoms with E-state index in [1.165, 1.54) is 16.7 Å². The topological polar surface area (TPSA) is 56.1 Å². The molecular formula is C33H33N3O2. The first-order valence-electron chi connectivity index (χ1n) is 13.1. The van der Waals surface area contributed by atoms with Crippen molar-refractivity contribution in [2.24, 2.45) is 0 Å². The van der Waals surface area contributed by atoms with Crippen molar-refractivity contribution in [2.45, 2.75) is 39.8 Å². The number of rotatable bonds is 10. The Balaban J connectivity index is 1.19. The molecule has 0 atom stereocenters. The van der Waals surface area contributed by atoms with Gasteiger partial charge in [-0.15, -0.1) is 0 Å². The van der Waals surface area contributed by atoms with Crippen molar-refractivity contribution in [1.29, 1.82) is 0 Å². The molecule has 4 aromatic carbocycles. The van der Waals surface area contributed by atoms with Gasteiger partial charge < -0.3 is 14.6 Å². The molecule has 0 spiro atoms. The Bertz CT molecular complexity index is 1520. The predicted octanol–water partition coefficient (Wildman–Crippen LogP) is 6.65. The summed E-state index contributed by atoms with van der Waals surface area (Å²) in [4.78, 5) is 17.6. The van der Waals surface area contributed by atoms with Crippen molar-refractivity contribution in [3.05, 3.63) is 120 Å². The number of hydrogen-bond donors (Lipinski definition) is 1. The van der Waals surface area contributed by atoms with E-state index in [0.29, 0.717) is 19.6 Å². The number of nitrogens with zero attached hydrogens (tertiary/aromatic N) is 2. The van der Waals surface area contributed by atoms with Crippen LogP contribution in [-0.2, 0) is 24.3 Å². The molecular weight excluding hydrogens is 470 g/mol. The number of imidazole rings is 1. The van der Waals surface area contributed by atoms with Gasteiger partial charge in [0.1, 0.15) is 11.6 Å².